The SMILES string of the molecule is COc1ccc(C(C)(O)C2CCCN2C(=O)CN2CCCC2=O)cc1. The predicted molar refractivity (Wildman–Crippen MR) is 93.1 cm³/mol. The third-order valence-electron chi connectivity index (χ3n) is 5.39. The highest BCUT2D eigenvalue weighted by atomic mass is 16.5. The summed E-state index contributed by atoms with van der Waals surface area (Å²) in [6.07, 6.45) is 2.95. The van der Waals surface area contributed by atoms with Crippen LogP contribution in [0.1, 0.15) is 38.2 Å². The minimum absolute atomic E-state index is 0.0472. The molecule has 2 aliphatic heterocycles. The van der Waals surface area contributed by atoms with Gasteiger partial charge in [-0.3, -0.25) is 9.59 Å². The van der Waals surface area contributed by atoms with Crippen LogP contribution in [0.15, 0.2) is 24.3 Å². The number of likely N-dealkylation sites (tertiary alicyclic amines) is 2. The second-order valence-electron chi connectivity index (χ2n) is 7.04. The summed E-state index contributed by atoms with van der Waals surface area (Å²) in [6, 6.07) is 7.01. The molecule has 25 heavy (non-hydrogen) atoms. The number of aliphatic hydroxyl groups is 1. The molecule has 0 aliphatic carbocycles. The van der Waals surface area contributed by atoms with Crippen LogP contribution < -0.4 is 4.74 Å². The fourth-order valence-corrected chi connectivity index (χ4v) is 3.90. The van der Waals surface area contributed by atoms with Crippen LogP contribution in [0.25, 0.3) is 0 Å². The van der Waals surface area contributed by atoms with Gasteiger partial charge in [-0.05, 0) is 43.9 Å². The van der Waals surface area contributed by atoms with E-state index in [1.807, 2.05) is 24.3 Å². The van der Waals surface area contributed by atoms with Crippen molar-refractivity contribution in [2.75, 3.05) is 26.7 Å². The lowest BCUT2D eigenvalue weighted by Gasteiger charge is -2.37. The van der Waals surface area contributed by atoms with E-state index in [1.165, 1.54) is 0 Å². The van der Waals surface area contributed by atoms with E-state index < -0.39 is 5.60 Å². The maximum absolute atomic E-state index is 12.7. The van der Waals surface area contributed by atoms with Gasteiger partial charge in [-0.25, -0.2) is 0 Å². The van der Waals surface area contributed by atoms with Crippen LogP contribution in [0.2, 0.25) is 0 Å². The van der Waals surface area contributed by atoms with E-state index in [0.717, 1.165) is 30.6 Å². The maximum atomic E-state index is 12.7. The number of methoxy groups -OCH3 is 1. The van der Waals surface area contributed by atoms with Crippen LogP contribution in [0.4, 0.5) is 0 Å². The number of nitrogens with zero attached hydrogens (tertiary/aromatic N) is 2. The molecule has 2 unspecified atom stereocenters. The van der Waals surface area contributed by atoms with Crippen LogP contribution >= 0.6 is 0 Å². The molecule has 2 amide bonds. The van der Waals surface area contributed by atoms with Crippen molar-refractivity contribution in [2.24, 2.45) is 0 Å². The van der Waals surface area contributed by atoms with Crippen molar-refractivity contribution in [3.8, 4) is 5.75 Å². The number of hydrogen-bond donors (Lipinski definition) is 1. The normalized spacial score (nSPS) is 23.0. The molecule has 2 aliphatic rings. The van der Waals surface area contributed by atoms with Gasteiger partial charge in [-0.1, -0.05) is 12.1 Å². The van der Waals surface area contributed by atoms with E-state index >= 15 is 0 Å². The first kappa shape index (κ1) is 17.7. The highest BCUT2D eigenvalue weighted by molar-refractivity contribution is 5.86. The van der Waals surface area contributed by atoms with Crippen LogP contribution in [0, 0.1) is 0 Å². The molecule has 0 radical (unpaired) electrons. The third-order valence-corrected chi connectivity index (χ3v) is 5.39. The Balaban J connectivity index is 1.74. The van der Waals surface area contributed by atoms with Gasteiger partial charge in [0.05, 0.1) is 19.7 Å². The van der Waals surface area contributed by atoms with Crippen molar-refractivity contribution in [1.29, 1.82) is 0 Å². The van der Waals surface area contributed by atoms with Gasteiger partial charge in [0.15, 0.2) is 0 Å². The molecule has 1 N–H and O–H groups in total. The van der Waals surface area contributed by atoms with Crippen LogP contribution in [-0.2, 0) is 15.2 Å². The molecule has 1 aromatic rings. The van der Waals surface area contributed by atoms with Crippen molar-refractivity contribution >= 4 is 11.8 Å². The van der Waals surface area contributed by atoms with Gasteiger partial charge in [0.25, 0.3) is 0 Å². The highest BCUT2D eigenvalue weighted by Gasteiger charge is 2.43. The number of carbonyl (C=O) groups is 2. The van der Waals surface area contributed by atoms with Crippen molar-refractivity contribution in [3.63, 3.8) is 0 Å². The molecular weight excluding hydrogens is 320 g/mol. The number of hydrogen-bond acceptors (Lipinski definition) is 4. The van der Waals surface area contributed by atoms with Crippen LogP contribution in [0.3, 0.4) is 0 Å². The molecule has 136 valence electrons. The van der Waals surface area contributed by atoms with E-state index in [0.29, 0.717) is 19.5 Å². The largest absolute Gasteiger partial charge is 0.497 e. The lowest BCUT2D eigenvalue weighted by molar-refractivity contribution is -0.142. The zero-order valence-corrected chi connectivity index (χ0v) is 14.9. The van der Waals surface area contributed by atoms with Gasteiger partial charge in [-0.2, -0.15) is 0 Å². The Morgan fingerprint density at radius 2 is 2.00 bits per heavy atom. The van der Waals surface area contributed by atoms with Gasteiger partial charge in [0.1, 0.15) is 11.4 Å². The van der Waals surface area contributed by atoms with Gasteiger partial charge >= 0.3 is 0 Å². The summed E-state index contributed by atoms with van der Waals surface area (Å²) in [7, 11) is 1.60. The Bertz CT molecular complexity index is 641. The summed E-state index contributed by atoms with van der Waals surface area (Å²) in [4.78, 5) is 27.9. The maximum Gasteiger partial charge on any atom is 0.242 e. The lowest BCUT2D eigenvalue weighted by Crippen LogP contribution is -2.51. The Labute approximate surface area is 148 Å². The minimum Gasteiger partial charge on any atom is -0.497 e. The summed E-state index contributed by atoms with van der Waals surface area (Å²) < 4.78 is 5.17. The molecular formula is C19H26N2O4. The van der Waals surface area contributed by atoms with Crippen molar-refractivity contribution in [1.82, 2.24) is 9.80 Å². The molecule has 1 aromatic carbocycles. The standard InChI is InChI=1S/C19H26N2O4/c1-19(24,14-7-9-15(25-2)10-8-14)16-5-3-12-21(16)18(23)13-20-11-4-6-17(20)22/h7-10,16,24H,3-6,11-13H2,1-2H3. The van der Waals surface area contributed by atoms with E-state index in [9.17, 15) is 14.7 Å². The Morgan fingerprint density at radius 1 is 1.28 bits per heavy atom. The van der Waals surface area contributed by atoms with E-state index in [1.54, 1.807) is 23.8 Å². The predicted octanol–water partition coefficient (Wildman–Crippen LogP) is 1.52. The van der Waals surface area contributed by atoms with Gasteiger partial charge < -0.3 is 19.6 Å². The van der Waals surface area contributed by atoms with E-state index in [2.05, 4.69) is 0 Å². The summed E-state index contributed by atoms with van der Waals surface area (Å²) in [5.74, 6) is 0.698. The fourth-order valence-electron chi connectivity index (χ4n) is 3.90. The molecule has 0 bridgehead atoms. The molecule has 2 heterocycles. The number of rotatable bonds is 5. The zero-order chi connectivity index (χ0) is 18.0. The average Bonchev–Trinajstić information content (AvgIpc) is 3.25. The fraction of sp³-hybridized carbons (Fsp3) is 0.579. The molecule has 0 saturated carbocycles. The second-order valence-corrected chi connectivity index (χ2v) is 7.04. The number of amides is 2. The van der Waals surface area contributed by atoms with Crippen molar-refractivity contribution in [3.05, 3.63) is 29.8 Å². The summed E-state index contributed by atoms with van der Waals surface area (Å²) in [5, 5.41) is 11.2. The smallest absolute Gasteiger partial charge is 0.242 e. The van der Waals surface area contributed by atoms with Crippen LogP contribution in [0.5, 0.6) is 5.75 Å². The van der Waals surface area contributed by atoms with Gasteiger partial charge in [0.2, 0.25) is 11.8 Å². The summed E-state index contributed by atoms with van der Waals surface area (Å²) in [5.41, 5.74) is -0.386. The second kappa shape index (κ2) is 7.04. The Kier molecular flexibility index (Phi) is 4.99. The van der Waals surface area contributed by atoms with Gasteiger partial charge in [-0.15, -0.1) is 0 Å². The molecule has 0 spiro atoms. The topological polar surface area (TPSA) is 70.1 Å². The number of carbonyl (C=O) groups excluding carboxylic acids is 2. The quantitative estimate of drug-likeness (QED) is 0.877. The van der Waals surface area contributed by atoms with Gasteiger partial charge in [0, 0.05) is 19.5 Å². The lowest BCUT2D eigenvalue weighted by atomic mass is 9.86. The third kappa shape index (κ3) is 3.49. The van der Waals surface area contributed by atoms with Crippen LogP contribution in [-0.4, -0.2) is 59.5 Å². The minimum atomic E-state index is -1.15. The molecule has 6 heteroatoms. The molecule has 2 atom stereocenters. The average molecular weight is 346 g/mol. The van der Waals surface area contributed by atoms with Crippen molar-refractivity contribution < 1.29 is 19.4 Å². The first-order valence-electron chi connectivity index (χ1n) is 8.87. The summed E-state index contributed by atoms with van der Waals surface area (Å²) >= 11 is 0. The summed E-state index contributed by atoms with van der Waals surface area (Å²) in [6.45, 7) is 3.15. The monoisotopic (exact) mass is 346 g/mol. The molecule has 2 fully saturated rings. The molecule has 3 rings (SSSR count). The van der Waals surface area contributed by atoms with Crippen molar-refractivity contribution in [2.45, 2.75) is 44.2 Å². The first-order valence-corrected chi connectivity index (χ1v) is 8.87. The number of benzene rings is 1. The first-order chi connectivity index (χ1) is 11.9. The molecule has 2 saturated heterocycles. The Morgan fingerprint density at radius 3 is 2.60 bits per heavy atom. The highest BCUT2D eigenvalue weighted by Crippen LogP contribution is 2.35. The zero-order valence-electron chi connectivity index (χ0n) is 14.9. The molecule has 6 nitrogen and oxygen atoms in total. The van der Waals surface area contributed by atoms with E-state index in [-0.39, 0.29) is 24.4 Å². The number of ether oxygens (including phenoxy) is 1. The molecule has 0 aromatic heterocycles. The Hall–Kier alpha value is -2.08. The van der Waals surface area contributed by atoms with E-state index in [4.69, 9.17) is 4.74 Å².